The van der Waals surface area contributed by atoms with E-state index in [0.717, 1.165) is 24.5 Å². The van der Waals surface area contributed by atoms with Gasteiger partial charge in [-0.3, -0.25) is 14.5 Å². The van der Waals surface area contributed by atoms with Crippen LogP contribution in [-0.2, 0) is 9.53 Å². The first kappa shape index (κ1) is 17.2. The number of morpholine rings is 1. The summed E-state index contributed by atoms with van der Waals surface area (Å²) in [4.78, 5) is 32.8. The molecule has 0 aliphatic carbocycles. The van der Waals surface area contributed by atoms with Crippen LogP contribution in [0.3, 0.4) is 0 Å². The molecule has 3 heterocycles. The van der Waals surface area contributed by atoms with Crippen LogP contribution in [0.4, 0.5) is 11.5 Å². The fourth-order valence-electron chi connectivity index (χ4n) is 3.29. The number of fused-ring (bicyclic) bond motifs is 1. The molecule has 2 aliphatic rings. The molecule has 7 nitrogen and oxygen atoms in total. The van der Waals surface area contributed by atoms with E-state index < -0.39 is 0 Å². The number of hydrogen-bond donors (Lipinski definition) is 1. The van der Waals surface area contributed by atoms with Crippen LogP contribution in [0.1, 0.15) is 15.9 Å². The molecule has 4 rings (SSSR count). The van der Waals surface area contributed by atoms with Crippen molar-refractivity contribution in [1.29, 1.82) is 0 Å². The van der Waals surface area contributed by atoms with Gasteiger partial charge >= 0.3 is 0 Å². The Labute approximate surface area is 157 Å². The molecular weight excluding hydrogens is 344 g/mol. The van der Waals surface area contributed by atoms with Gasteiger partial charge < -0.3 is 15.0 Å². The molecule has 138 valence electrons. The Balaban J connectivity index is 1.38. The van der Waals surface area contributed by atoms with Gasteiger partial charge in [0, 0.05) is 29.9 Å². The monoisotopic (exact) mass is 364 g/mol. The molecule has 0 spiro atoms. The Morgan fingerprint density at radius 2 is 1.89 bits per heavy atom. The number of carbonyl (C=O) groups excluding carboxylic acids is 2. The van der Waals surface area contributed by atoms with Crippen molar-refractivity contribution in [3.05, 3.63) is 60.3 Å². The molecule has 2 aliphatic heterocycles. The number of ether oxygens (including phenoxy) is 1. The number of nitrogens with zero attached hydrogens (tertiary/aromatic N) is 3. The number of nitrogens with one attached hydrogen (secondary N) is 1. The zero-order chi connectivity index (χ0) is 18.8. The minimum Gasteiger partial charge on any atom is -0.378 e. The van der Waals surface area contributed by atoms with Crippen LogP contribution >= 0.6 is 0 Å². The molecule has 0 saturated carbocycles. The van der Waals surface area contributed by atoms with Gasteiger partial charge in [0.15, 0.2) is 0 Å². The highest BCUT2D eigenvalue weighted by Gasteiger charge is 2.31. The van der Waals surface area contributed by atoms with Gasteiger partial charge in [0.25, 0.3) is 5.91 Å². The van der Waals surface area contributed by atoms with Crippen molar-refractivity contribution in [2.24, 2.45) is 0 Å². The summed E-state index contributed by atoms with van der Waals surface area (Å²) in [7, 11) is 0. The molecule has 1 fully saturated rings. The van der Waals surface area contributed by atoms with Gasteiger partial charge in [0.05, 0.1) is 25.1 Å². The number of hydrogen-bond acceptors (Lipinski definition) is 5. The van der Waals surface area contributed by atoms with Crippen molar-refractivity contribution >= 4 is 29.0 Å². The zero-order valence-corrected chi connectivity index (χ0v) is 14.9. The van der Waals surface area contributed by atoms with E-state index >= 15 is 0 Å². The molecule has 1 aromatic heterocycles. The first-order valence-corrected chi connectivity index (χ1v) is 8.82. The molecule has 1 N–H and O–H groups in total. The minimum absolute atomic E-state index is 0.0858. The Kier molecular flexibility index (Phi) is 4.60. The largest absolute Gasteiger partial charge is 0.378 e. The molecule has 2 amide bonds. The predicted molar refractivity (Wildman–Crippen MR) is 102 cm³/mol. The lowest BCUT2D eigenvalue weighted by molar-refractivity contribution is -0.116. The highest BCUT2D eigenvalue weighted by molar-refractivity contribution is 6.11. The van der Waals surface area contributed by atoms with Crippen molar-refractivity contribution in [2.45, 2.75) is 0 Å². The lowest BCUT2D eigenvalue weighted by Gasteiger charge is -2.27. The number of pyridine rings is 1. The molecule has 1 saturated heterocycles. The molecule has 27 heavy (non-hydrogen) atoms. The third-order valence-electron chi connectivity index (χ3n) is 4.71. The summed E-state index contributed by atoms with van der Waals surface area (Å²) < 4.78 is 5.34. The van der Waals surface area contributed by atoms with Crippen LogP contribution in [0, 0.1) is 0 Å². The third kappa shape index (κ3) is 3.41. The Morgan fingerprint density at radius 1 is 1.15 bits per heavy atom. The minimum atomic E-state index is -0.293. The smallest absolute Gasteiger partial charge is 0.259 e. The molecule has 0 bridgehead atoms. The lowest BCUT2D eigenvalue weighted by Crippen LogP contribution is -2.36. The number of rotatable bonds is 4. The van der Waals surface area contributed by atoms with E-state index in [1.807, 2.05) is 24.3 Å². The van der Waals surface area contributed by atoms with Crippen LogP contribution in [0.5, 0.6) is 0 Å². The maximum absolute atomic E-state index is 12.5. The summed E-state index contributed by atoms with van der Waals surface area (Å²) in [6.07, 6.45) is 1.62. The maximum atomic E-state index is 12.5. The van der Waals surface area contributed by atoms with E-state index in [4.69, 9.17) is 4.74 Å². The lowest BCUT2D eigenvalue weighted by atomic mass is 10.1. The molecule has 0 radical (unpaired) electrons. The second-order valence-electron chi connectivity index (χ2n) is 6.44. The average molecular weight is 364 g/mol. The first-order valence-electron chi connectivity index (χ1n) is 8.82. The van der Waals surface area contributed by atoms with Crippen LogP contribution in [0.15, 0.2) is 49.2 Å². The average Bonchev–Trinajstić information content (AvgIpc) is 2.94. The van der Waals surface area contributed by atoms with Crippen LogP contribution < -0.4 is 10.2 Å². The van der Waals surface area contributed by atoms with Crippen molar-refractivity contribution in [3.8, 4) is 0 Å². The normalized spacial score (nSPS) is 16.4. The predicted octanol–water partition coefficient (Wildman–Crippen LogP) is 1.98. The number of amides is 2. The summed E-state index contributed by atoms with van der Waals surface area (Å²) in [6.45, 7) is 6.85. The van der Waals surface area contributed by atoms with Crippen molar-refractivity contribution in [3.63, 3.8) is 0 Å². The summed E-state index contributed by atoms with van der Waals surface area (Å²) >= 11 is 0. The van der Waals surface area contributed by atoms with Gasteiger partial charge in [-0.05, 0) is 18.2 Å². The van der Waals surface area contributed by atoms with Gasteiger partial charge in [-0.15, -0.1) is 0 Å². The second kappa shape index (κ2) is 7.20. The zero-order valence-electron chi connectivity index (χ0n) is 14.9. The van der Waals surface area contributed by atoms with Gasteiger partial charge in [-0.2, -0.15) is 0 Å². The molecule has 0 unspecified atom stereocenters. The number of anilines is 2. The molecule has 0 atom stereocenters. The quantitative estimate of drug-likeness (QED) is 0.898. The number of benzene rings is 1. The Morgan fingerprint density at radius 3 is 2.56 bits per heavy atom. The van der Waals surface area contributed by atoms with E-state index in [0.29, 0.717) is 30.2 Å². The Bertz CT molecular complexity index is 853. The van der Waals surface area contributed by atoms with Gasteiger partial charge in [0.1, 0.15) is 12.4 Å². The van der Waals surface area contributed by atoms with Crippen LogP contribution in [0.2, 0.25) is 0 Å². The highest BCUT2D eigenvalue weighted by atomic mass is 16.5. The summed E-state index contributed by atoms with van der Waals surface area (Å²) in [6, 6.07) is 10.9. The van der Waals surface area contributed by atoms with Gasteiger partial charge in [0.2, 0.25) is 5.91 Å². The van der Waals surface area contributed by atoms with Gasteiger partial charge in [-0.1, -0.05) is 24.8 Å². The van der Waals surface area contributed by atoms with Gasteiger partial charge in [-0.25, -0.2) is 4.98 Å². The van der Waals surface area contributed by atoms with E-state index in [9.17, 15) is 9.59 Å². The topological polar surface area (TPSA) is 74.8 Å². The first-order chi connectivity index (χ1) is 13.1. The summed E-state index contributed by atoms with van der Waals surface area (Å²) in [5.74, 6) is 0.361. The number of carbonyl (C=O) groups is 2. The highest BCUT2D eigenvalue weighted by Crippen LogP contribution is 2.30. The molecule has 2 aromatic rings. The molecular formula is C20H20N4O3. The maximum Gasteiger partial charge on any atom is 0.259 e. The van der Waals surface area contributed by atoms with Crippen molar-refractivity contribution in [1.82, 2.24) is 9.88 Å². The third-order valence-corrected chi connectivity index (χ3v) is 4.71. The van der Waals surface area contributed by atoms with Crippen LogP contribution in [0.25, 0.3) is 5.70 Å². The summed E-state index contributed by atoms with van der Waals surface area (Å²) in [5, 5.41) is 2.79. The fraction of sp³-hybridized carbons (Fsp3) is 0.250. The van der Waals surface area contributed by atoms with E-state index in [1.165, 1.54) is 4.90 Å². The van der Waals surface area contributed by atoms with Crippen LogP contribution in [-0.4, -0.2) is 54.5 Å². The van der Waals surface area contributed by atoms with Crippen molar-refractivity contribution < 1.29 is 14.3 Å². The summed E-state index contributed by atoms with van der Waals surface area (Å²) in [5.41, 5.74) is 2.48. The molecule has 1 aromatic carbocycles. The van der Waals surface area contributed by atoms with E-state index in [1.54, 1.807) is 18.3 Å². The fourth-order valence-corrected chi connectivity index (χ4v) is 3.29. The molecule has 7 heteroatoms. The number of aromatic nitrogens is 1. The van der Waals surface area contributed by atoms with Crippen molar-refractivity contribution in [2.75, 3.05) is 43.1 Å². The van der Waals surface area contributed by atoms with E-state index in [2.05, 4.69) is 21.8 Å². The van der Waals surface area contributed by atoms with E-state index in [-0.39, 0.29) is 18.4 Å². The standard InChI is InChI=1S/C20H20N4O3/c1-14-16-4-2-3-5-17(16)20(26)24(14)13-19(25)22-15-6-7-18(21-12-15)23-8-10-27-11-9-23/h2-7,12H,1,8-11,13H2,(H,22,25). The SMILES string of the molecule is C=C1c2ccccc2C(=O)N1CC(=O)Nc1ccc(N2CCOCC2)nc1. The Hall–Kier alpha value is -3.19. The second-order valence-corrected chi connectivity index (χ2v) is 6.44.